The van der Waals surface area contributed by atoms with Gasteiger partial charge in [-0.3, -0.25) is 14.6 Å². The highest BCUT2D eigenvalue weighted by atomic mass is 16.2. The van der Waals surface area contributed by atoms with Crippen molar-refractivity contribution in [1.82, 2.24) is 19.7 Å². The van der Waals surface area contributed by atoms with Crippen molar-refractivity contribution in [2.45, 2.75) is 25.7 Å². The first-order valence-corrected chi connectivity index (χ1v) is 9.98. The second kappa shape index (κ2) is 6.59. The van der Waals surface area contributed by atoms with Gasteiger partial charge in [0.25, 0.3) is 5.91 Å². The molecule has 4 rings (SSSR count). The van der Waals surface area contributed by atoms with Gasteiger partial charge in [0.1, 0.15) is 0 Å². The summed E-state index contributed by atoms with van der Waals surface area (Å²) in [6.45, 7) is 3.42. The van der Waals surface area contributed by atoms with Crippen molar-refractivity contribution >= 4 is 11.8 Å². The number of likely N-dealkylation sites (tertiary alicyclic amines) is 2. The zero-order valence-corrected chi connectivity index (χ0v) is 16.6. The number of hydrogen-bond acceptors (Lipinski definition) is 4. The molecule has 1 saturated carbocycles. The molecule has 0 unspecified atom stereocenters. The summed E-state index contributed by atoms with van der Waals surface area (Å²) in [5.74, 6) is 0.776. The zero-order chi connectivity index (χ0) is 19.2. The topological polar surface area (TPSA) is 56.8 Å². The molecule has 2 atom stereocenters. The molecule has 6 nitrogen and oxygen atoms in total. The van der Waals surface area contributed by atoms with Crippen LogP contribution in [0.3, 0.4) is 0 Å². The van der Waals surface area contributed by atoms with E-state index in [1.165, 1.54) is 0 Å². The van der Waals surface area contributed by atoms with E-state index < -0.39 is 0 Å². The van der Waals surface area contributed by atoms with E-state index in [0.717, 1.165) is 51.9 Å². The standard InChI is InChI=1S/C21H30N4O2/c1-23(2)19(27)21-7-6-20(17(21)14-24(3)15-21)8-11-25(12-9-20)18(26)16-5-4-10-22-13-16/h4-5,10,13,17H,6-9,11-12,14-15H2,1-3H3/t17-,21+/m0/s1. The Morgan fingerprint density at radius 2 is 1.93 bits per heavy atom. The second-order valence-corrected chi connectivity index (χ2v) is 9.00. The molecule has 1 aliphatic carbocycles. The lowest BCUT2D eigenvalue weighted by atomic mass is 9.65. The maximum atomic E-state index is 13.1. The first-order valence-electron chi connectivity index (χ1n) is 9.98. The van der Waals surface area contributed by atoms with Gasteiger partial charge >= 0.3 is 0 Å². The van der Waals surface area contributed by atoms with Crippen LogP contribution in [0.15, 0.2) is 24.5 Å². The molecule has 2 saturated heterocycles. The highest BCUT2D eigenvalue weighted by molar-refractivity contribution is 5.94. The molecule has 2 aliphatic heterocycles. The predicted molar refractivity (Wildman–Crippen MR) is 103 cm³/mol. The van der Waals surface area contributed by atoms with Crippen LogP contribution in [0.5, 0.6) is 0 Å². The van der Waals surface area contributed by atoms with Gasteiger partial charge in [-0.05, 0) is 56.2 Å². The summed E-state index contributed by atoms with van der Waals surface area (Å²) in [5.41, 5.74) is 0.633. The molecule has 0 radical (unpaired) electrons. The molecule has 27 heavy (non-hydrogen) atoms. The summed E-state index contributed by atoms with van der Waals surface area (Å²) >= 11 is 0. The van der Waals surface area contributed by atoms with Gasteiger partial charge in [0.15, 0.2) is 0 Å². The molecule has 1 aromatic rings. The van der Waals surface area contributed by atoms with Gasteiger partial charge in [-0.25, -0.2) is 0 Å². The monoisotopic (exact) mass is 370 g/mol. The molecule has 146 valence electrons. The van der Waals surface area contributed by atoms with Gasteiger partial charge in [-0.15, -0.1) is 0 Å². The summed E-state index contributed by atoms with van der Waals surface area (Å²) in [4.78, 5) is 36.0. The number of pyridine rings is 1. The summed E-state index contributed by atoms with van der Waals surface area (Å²) < 4.78 is 0. The smallest absolute Gasteiger partial charge is 0.255 e. The van der Waals surface area contributed by atoms with Crippen LogP contribution in [0.2, 0.25) is 0 Å². The van der Waals surface area contributed by atoms with Crippen LogP contribution in [0, 0.1) is 16.7 Å². The van der Waals surface area contributed by atoms with Crippen molar-refractivity contribution in [3.8, 4) is 0 Å². The van der Waals surface area contributed by atoms with E-state index in [1.54, 1.807) is 17.3 Å². The van der Waals surface area contributed by atoms with E-state index >= 15 is 0 Å². The molecule has 3 aliphatic rings. The minimum Gasteiger partial charge on any atom is -0.348 e. The number of nitrogens with zero attached hydrogens (tertiary/aromatic N) is 4. The SMILES string of the molecule is CN1C[C@H]2C3(CCN(C(=O)c4cccnc4)CC3)CC[C@@]2(C(=O)N(C)C)C1. The fourth-order valence-electron chi connectivity index (χ4n) is 6.02. The Morgan fingerprint density at radius 3 is 2.56 bits per heavy atom. The van der Waals surface area contributed by atoms with Gasteiger partial charge in [0.2, 0.25) is 5.91 Å². The average molecular weight is 370 g/mol. The van der Waals surface area contributed by atoms with Crippen LogP contribution in [0.25, 0.3) is 0 Å². The van der Waals surface area contributed by atoms with Crippen LogP contribution >= 0.6 is 0 Å². The number of fused-ring (bicyclic) bond motifs is 2. The lowest BCUT2D eigenvalue weighted by molar-refractivity contribution is -0.141. The third-order valence-electron chi connectivity index (χ3n) is 7.31. The highest BCUT2D eigenvalue weighted by Crippen LogP contribution is 2.62. The predicted octanol–water partition coefficient (Wildman–Crippen LogP) is 1.73. The van der Waals surface area contributed by atoms with Crippen molar-refractivity contribution in [1.29, 1.82) is 0 Å². The van der Waals surface area contributed by atoms with Crippen LogP contribution in [0.4, 0.5) is 0 Å². The maximum absolute atomic E-state index is 13.1. The van der Waals surface area contributed by atoms with E-state index in [-0.39, 0.29) is 16.7 Å². The van der Waals surface area contributed by atoms with Crippen LogP contribution in [-0.4, -0.2) is 78.8 Å². The Bertz CT molecular complexity index is 727. The van der Waals surface area contributed by atoms with E-state index in [4.69, 9.17) is 0 Å². The number of amides is 2. The first kappa shape index (κ1) is 18.4. The minimum absolute atomic E-state index is 0.0788. The Balaban J connectivity index is 1.51. The molecule has 1 aromatic heterocycles. The van der Waals surface area contributed by atoms with Crippen LogP contribution in [-0.2, 0) is 4.79 Å². The van der Waals surface area contributed by atoms with E-state index in [1.807, 2.05) is 31.1 Å². The maximum Gasteiger partial charge on any atom is 0.255 e. The van der Waals surface area contributed by atoms with Gasteiger partial charge in [-0.2, -0.15) is 0 Å². The fraction of sp³-hybridized carbons (Fsp3) is 0.667. The van der Waals surface area contributed by atoms with Crippen molar-refractivity contribution < 1.29 is 9.59 Å². The molecular formula is C21H30N4O2. The number of rotatable bonds is 2. The van der Waals surface area contributed by atoms with Crippen molar-refractivity contribution in [3.05, 3.63) is 30.1 Å². The first-order chi connectivity index (χ1) is 12.9. The average Bonchev–Trinajstić information content (AvgIpc) is 3.17. The Hall–Kier alpha value is -1.95. The van der Waals surface area contributed by atoms with E-state index in [9.17, 15) is 9.59 Å². The molecule has 0 aromatic carbocycles. The second-order valence-electron chi connectivity index (χ2n) is 9.00. The molecule has 1 spiro atoms. The van der Waals surface area contributed by atoms with Crippen LogP contribution < -0.4 is 0 Å². The molecular weight excluding hydrogens is 340 g/mol. The summed E-state index contributed by atoms with van der Waals surface area (Å²) in [7, 11) is 5.90. The third kappa shape index (κ3) is 2.85. The minimum atomic E-state index is -0.228. The molecule has 3 fully saturated rings. The Kier molecular flexibility index (Phi) is 4.49. The fourth-order valence-corrected chi connectivity index (χ4v) is 6.02. The number of aromatic nitrogens is 1. The number of piperidine rings is 1. The number of carbonyl (C=O) groups excluding carboxylic acids is 2. The van der Waals surface area contributed by atoms with Gasteiger partial charge in [0.05, 0.1) is 11.0 Å². The van der Waals surface area contributed by atoms with Crippen molar-refractivity contribution in [2.24, 2.45) is 16.7 Å². The Morgan fingerprint density at radius 1 is 1.19 bits per heavy atom. The summed E-state index contributed by atoms with van der Waals surface area (Å²) in [6, 6.07) is 3.65. The highest BCUT2D eigenvalue weighted by Gasteiger charge is 2.64. The zero-order valence-electron chi connectivity index (χ0n) is 16.6. The van der Waals surface area contributed by atoms with E-state index in [2.05, 4.69) is 16.9 Å². The molecule has 3 heterocycles. The lowest BCUT2D eigenvalue weighted by Crippen LogP contribution is -2.49. The lowest BCUT2D eigenvalue weighted by Gasteiger charge is -2.44. The molecule has 0 N–H and O–H groups in total. The number of hydrogen-bond donors (Lipinski definition) is 0. The Labute approximate surface area is 161 Å². The molecule has 0 bridgehead atoms. The largest absolute Gasteiger partial charge is 0.348 e. The summed E-state index contributed by atoms with van der Waals surface area (Å²) in [5, 5.41) is 0. The van der Waals surface area contributed by atoms with Crippen molar-refractivity contribution in [3.63, 3.8) is 0 Å². The van der Waals surface area contributed by atoms with Crippen molar-refractivity contribution in [2.75, 3.05) is 47.3 Å². The molecule has 2 amide bonds. The van der Waals surface area contributed by atoms with Gasteiger partial charge in [0, 0.05) is 52.7 Å². The number of carbonyl (C=O) groups is 2. The molecule has 6 heteroatoms. The van der Waals surface area contributed by atoms with Gasteiger partial charge in [-0.1, -0.05) is 0 Å². The third-order valence-corrected chi connectivity index (χ3v) is 7.31. The van der Waals surface area contributed by atoms with E-state index in [0.29, 0.717) is 17.4 Å². The summed E-state index contributed by atoms with van der Waals surface area (Å²) in [6.07, 6.45) is 7.43. The quantitative estimate of drug-likeness (QED) is 0.796. The van der Waals surface area contributed by atoms with Crippen LogP contribution in [0.1, 0.15) is 36.0 Å². The van der Waals surface area contributed by atoms with Gasteiger partial charge < -0.3 is 14.7 Å². The normalized spacial score (nSPS) is 29.7.